The number of hydrogen-bond acceptors (Lipinski definition) is 4. The van der Waals surface area contributed by atoms with E-state index in [1.165, 1.54) is 18.3 Å². The molecular weight excluding hydrogens is 451 g/mol. The number of nitrogens with zero attached hydrogens (tertiary/aromatic N) is 1. The Morgan fingerprint density at radius 3 is 2.67 bits per heavy atom. The van der Waals surface area contributed by atoms with E-state index in [1.807, 2.05) is 22.6 Å². The van der Waals surface area contributed by atoms with Crippen LogP contribution in [0.2, 0.25) is 0 Å². The molecule has 2 aromatic rings. The van der Waals surface area contributed by atoms with Gasteiger partial charge in [-0.3, -0.25) is 4.79 Å². The Morgan fingerprint density at radius 1 is 1.19 bits per heavy atom. The van der Waals surface area contributed by atoms with Crippen molar-refractivity contribution in [2.45, 2.75) is 0 Å². The lowest BCUT2D eigenvalue weighted by molar-refractivity contribution is 0.0954. The first-order valence-electron chi connectivity index (χ1n) is 5.78. The average molecular weight is 461 g/mol. The Balaban J connectivity index is 2.08. The van der Waals surface area contributed by atoms with Crippen molar-refractivity contribution in [2.75, 3.05) is 0 Å². The predicted octanol–water partition coefficient (Wildman–Crippen LogP) is 3.23. The largest absolute Gasteiger partial charge is 0.507 e. The normalized spacial score (nSPS) is 10.8. The van der Waals surface area contributed by atoms with Gasteiger partial charge in [0.05, 0.1) is 9.78 Å². The van der Waals surface area contributed by atoms with Gasteiger partial charge in [0.1, 0.15) is 11.5 Å². The van der Waals surface area contributed by atoms with Crippen molar-refractivity contribution in [1.29, 1.82) is 0 Å². The maximum atomic E-state index is 11.8. The van der Waals surface area contributed by atoms with Gasteiger partial charge in [0.25, 0.3) is 5.91 Å². The van der Waals surface area contributed by atoms with E-state index in [0.717, 1.165) is 4.47 Å². The molecule has 2 rings (SSSR count). The number of phenols is 2. The Morgan fingerprint density at radius 2 is 1.95 bits per heavy atom. The number of hydrazone groups is 1. The van der Waals surface area contributed by atoms with Gasteiger partial charge in [-0.15, -0.1) is 0 Å². The molecule has 0 unspecified atom stereocenters. The molecule has 0 saturated carbocycles. The summed E-state index contributed by atoms with van der Waals surface area (Å²) in [5, 5.41) is 23.0. The van der Waals surface area contributed by atoms with Crippen molar-refractivity contribution in [1.82, 2.24) is 5.43 Å². The molecular formula is C14H10BrIN2O3. The molecule has 0 aliphatic carbocycles. The summed E-state index contributed by atoms with van der Waals surface area (Å²) in [4.78, 5) is 11.8. The van der Waals surface area contributed by atoms with E-state index >= 15 is 0 Å². The highest BCUT2D eigenvalue weighted by atomic mass is 127. The smallest absolute Gasteiger partial charge is 0.271 e. The van der Waals surface area contributed by atoms with Gasteiger partial charge in [-0.05, 0) is 59.0 Å². The van der Waals surface area contributed by atoms with Gasteiger partial charge in [-0.25, -0.2) is 5.43 Å². The molecule has 21 heavy (non-hydrogen) atoms. The van der Waals surface area contributed by atoms with E-state index in [2.05, 4.69) is 26.5 Å². The van der Waals surface area contributed by atoms with Crippen LogP contribution in [0, 0.1) is 3.57 Å². The van der Waals surface area contributed by atoms with Crippen LogP contribution < -0.4 is 5.43 Å². The number of rotatable bonds is 3. The van der Waals surface area contributed by atoms with E-state index in [0.29, 0.717) is 14.7 Å². The van der Waals surface area contributed by atoms with E-state index in [9.17, 15) is 15.0 Å². The SMILES string of the molecule is O=C(N/N=C\c1cc(Br)ccc1O)c1ccc(I)c(O)c1. The van der Waals surface area contributed by atoms with Crippen LogP contribution in [-0.4, -0.2) is 22.3 Å². The number of hydrogen-bond donors (Lipinski definition) is 3. The topological polar surface area (TPSA) is 81.9 Å². The van der Waals surface area contributed by atoms with Crippen LogP contribution in [0.3, 0.4) is 0 Å². The van der Waals surface area contributed by atoms with Crippen molar-refractivity contribution in [3.05, 3.63) is 55.6 Å². The number of aromatic hydroxyl groups is 2. The number of nitrogens with one attached hydrogen (secondary N) is 1. The molecule has 5 nitrogen and oxygen atoms in total. The monoisotopic (exact) mass is 460 g/mol. The number of amides is 1. The first-order valence-corrected chi connectivity index (χ1v) is 7.65. The summed E-state index contributed by atoms with van der Waals surface area (Å²) >= 11 is 5.24. The van der Waals surface area contributed by atoms with Crippen molar-refractivity contribution in [2.24, 2.45) is 5.10 Å². The molecule has 0 aliphatic rings. The third kappa shape index (κ3) is 4.18. The number of benzene rings is 2. The van der Waals surface area contributed by atoms with Crippen LogP contribution in [0.1, 0.15) is 15.9 Å². The molecule has 0 atom stereocenters. The molecule has 0 spiro atoms. The summed E-state index contributed by atoms with van der Waals surface area (Å²) in [6, 6.07) is 9.46. The third-order valence-corrected chi connectivity index (χ3v) is 3.97. The minimum Gasteiger partial charge on any atom is -0.507 e. The van der Waals surface area contributed by atoms with Crippen molar-refractivity contribution in [3.8, 4) is 11.5 Å². The Kier molecular flexibility index (Phi) is 5.18. The van der Waals surface area contributed by atoms with Gasteiger partial charge in [-0.1, -0.05) is 15.9 Å². The lowest BCUT2D eigenvalue weighted by Gasteiger charge is -2.02. The standard InChI is InChI=1S/C14H10BrIN2O3/c15-10-2-4-12(19)9(5-10)7-17-18-14(21)8-1-3-11(16)13(20)6-8/h1-7,19-20H,(H,18,21)/b17-7-. The molecule has 0 fully saturated rings. The summed E-state index contributed by atoms with van der Waals surface area (Å²) in [6.07, 6.45) is 1.34. The molecule has 108 valence electrons. The third-order valence-electron chi connectivity index (χ3n) is 2.57. The van der Waals surface area contributed by atoms with Crippen molar-refractivity contribution in [3.63, 3.8) is 0 Å². The highest BCUT2D eigenvalue weighted by Gasteiger charge is 2.07. The fourth-order valence-electron chi connectivity index (χ4n) is 1.51. The highest BCUT2D eigenvalue weighted by Crippen LogP contribution is 2.21. The Labute approximate surface area is 143 Å². The predicted molar refractivity (Wildman–Crippen MR) is 91.7 cm³/mol. The zero-order valence-corrected chi connectivity index (χ0v) is 14.3. The zero-order chi connectivity index (χ0) is 15.4. The van der Waals surface area contributed by atoms with Crippen molar-refractivity contribution < 1.29 is 15.0 Å². The molecule has 0 saturated heterocycles. The zero-order valence-electron chi connectivity index (χ0n) is 10.5. The number of carbonyl (C=O) groups excluding carboxylic acids is 1. The summed E-state index contributed by atoms with van der Waals surface area (Å²) in [7, 11) is 0. The Hall–Kier alpha value is -1.61. The fourth-order valence-corrected chi connectivity index (χ4v) is 2.22. The van der Waals surface area contributed by atoms with Gasteiger partial charge in [-0.2, -0.15) is 5.10 Å². The van der Waals surface area contributed by atoms with Gasteiger partial charge in [0.15, 0.2) is 0 Å². The number of halogens is 2. The first kappa shape index (κ1) is 15.8. The summed E-state index contributed by atoms with van der Waals surface area (Å²) in [5.41, 5.74) is 3.09. The summed E-state index contributed by atoms with van der Waals surface area (Å²) in [6.45, 7) is 0. The van der Waals surface area contributed by atoms with E-state index in [4.69, 9.17) is 0 Å². The van der Waals surface area contributed by atoms with Gasteiger partial charge >= 0.3 is 0 Å². The second kappa shape index (κ2) is 6.90. The van der Waals surface area contributed by atoms with Crippen LogP contribution in [0.15, 0.2) is 46.0 Å². The van der Waals surface area contributed by atoms with E-state index < -0.39 is 5.91 Å². The molecule has 0 bridgehead atoms. The quantitative estimate of drug-likeness (QED) is 0.373. The lowest BCUT2D eigenvalue weighted by Crippen LogP contribution is -2.17. The molecule has 0 radical (unpaired) electrons. The highest BCUT2D eigenvalue weighted by molar-refractivity contribution is 14.1. The van der Waals surface area contributed by atoms with Gasteiger partial charge < -0.3 is 10.2 Å². The van der Waals surface area contributed by atoms with Gasteiger partial charge in [0, 0.05) is 15.6 Å². The van der Waals surface area contributed by atoms with Crippen LogP contribution >= 0.6 is 38.5 Å². The summed E-state index contributed by atoms with van der Waals surface area (Å²) in [5.74, 6) is -0.354. The Bertz CT molecular complexity index is 719. The average Bonchev–Trinajstić information content (AvgIpc) is 2.45. The maximum Gasteiger partial charge on any atom is 0.271 e. The molecule has 1 amide bonds. The fraction of sp³-hybridized carbons (Fsp3) is 0. The molecule has 0 heterocycles. The van der Waals surface area contributed by atoms with Crippen LogP contribution in [0.25, 0.3) is 0 Å². The van der Waals surface area contributed by atoms with E-state index in [1.54, 1.807) is 24.3 Å². The van der Waals surface area contributed by atoms with Gasteiger partial charge in [0.2, 0.25) is 0 Å². The number of carbonyl (C=O) groups is 1. The number of phenolic OH excluding ortho intramolecular Hbond substituents is 2. The molecule has 2 aromatic carbocycles. The second-order valence-electron chi connectivity index (χ2n) is 4.07. The van der Waals surface area contributed by atoms with Crippen LogP contribution in [0.5, 0.6) is 11.5 Å². The molecule has 0 aromatic heterocycles. The van der Waals surface area contributed by atoms with E-state index in [-0.39, 0.29) is 11.5 Å². The minimum atomic E-state index is -0.451. The second-order valence-corrected chi connectivity index (χ2v) is 6.15. The lowest BCUT2D eigenvalue weighted by atomic mass is 10.2. The first-order chi connectivity index (χ1) is 9.97. The minimum absolute atomic E-state index is 0.0388. The molecule has 3 N–H and O–H groups in total. The summed E-state index contributed by atoms with van der Waals surface area (Å²) < 4.78 is 1.45. The maximum absolute atomic E-state index is 11.8. The molecule has 0 aliphatic heterocycles. The van der Waals surface area contributed by atoms with Crippen LogP contribution in [0.4, 0.5) is 0 Å². The van der Waals surface area contributed by atoms with Crippen LogP contribution in [-0.2, 0) is 0 Å². The van der Waals surface area contributed by atoms with Crippen molar-refractivity contribution >= 4 is 50.6 Å². The molecule has 7 heteroatoms.